The maximum Gasteiger partial charge on any atom is 0.306 e. The van der Waals surface area contributed by atoms with Crippen LogP contribution in [0.4, 0.5) is 0 Å². The van der Waals surface area contributed by atoms with Gasteiger partial charge in [-0.05, 0) is 39.5 Å². The molecule has 0 amide bonds. The third-order valence-corrected chi connectivity index (χ3v) is 4.59. The number of aliphatic imine (C=N–C) groups is 1. The summed E-state index contributed by atoms with van der Waals surface area (Å²) in [6.07, 6.45) is 4.76. The fourth-order valence-electron chi connectivity index (χ4n) is 3.36. The lowest BCUT2D eigenvalue weighted by molar-refractivity contribution is -0.154. The molecule has 1 fully saturated rings. The minimum atomic E-state index is -0.390. The lowest BCUT2D eigenvalue weighted by atomic mass is 10.1. The quantitative estimate of drug-likeness (QED) is 0.235. The Kier molecular flexibility index (Phi) is 12.2. The van der Waals surface area contributed by atoms with Crippen molar-refractivity contribution in [2.24, 2.45) is 10.9 Å². The summed E-state index contributed by atoms with van der Waals surface area (Å²) in [5, 5.41) is 6.74. The van der Waals surface area contributed by atoms with Gasteiger partial charge < -0.3 is 20.1 Å². The van der Waals surface area contributed by atoms with E-state index < -0.39 is 0 Å². The Balaban J connectivity index is 2.09. The lowest BCUT2D eigenvalue weighted by Gasteiger charge is -2.34. The van der Waals surface area contributed by atoms with Crippen LogP contribution in [0, 0.1) is 5.92 Å². The molecule has 0 bridgehead atoms. The first-order valence-corrected chi connectivity index (χ1v) is 11.2. The number of carbonyl (C=O) groups is 1. The molecule has 0 aromatic heterocycles. The molecule has 1 aliphatic heterocycles. The molecule has 0 aromatic rings. The standard InChI is InChI=1S/C22H44N4O3/c1-18(2)16-26-13-14-28-19(17-26)15-25-21(23-6)24-12-10-8-7-9-11-20(27)29-22(3,4)5/h18-19H,7-17H2,1-6H3,(H2,23,24,25). The number of morpholine rings is 1. The fraction of sp³-hybridized carbons (Fsp3) is 0.909. The van der Waals surface area contributed by atoms with Crippen molar-refractivity contribution < 1.29 is 14.3 Å². The molecule has 170 valence electrons. The van der Waals surface area contributed by atoms with Crippen LogP contribution in [-0.4, -0.2) is 74.9 Å². The predicted molar refractivity (Wildman–Crippen MR) is 119 cm³/mol. The lowest BCUT2D eigenvalue weighted by Crippen LogP contribution is -2.50. The molecule has 1 atom stereocenters. The van der Waals surface area contributed by atoms with Gasteiger partial charge in [-0.2, -0.15) is 0 Å². The average Bonchev–Trinajstić information content (AvgIpc) is 2.61. The van der Waals surface area contributed by atoms with Gasteiger partial charge in [-0.25, -0.2) is 0 Å². The molecule has 1 aliphatic rings. The van der Waals surface area contributed by atoms with E-state index in [0.717, 1.165) is 71.0 Å². The topological polar surface area (TPSA) is 75.2 Å². The van der Waals surface area contributed by atoms with Crippen LogP contribution in [0.15, 0.2) is 4.99 Å². The summed E-state index contributed by atoms with van der Waals surface area (Å²) >= 11 is 0. The summed E-state index contributed by atoms with van der Waals surface area (Å²) in [7, 11) is 1.79. The molecule has 7 heteroatoms. The highest BCUT2D eigenvalue weighted by Crippen LogP contribution is 2.11. The Labute approximate surface area is 178 Å². The molecular formula is C22H44N4O3. The number of hydrogen-bond donors (Lipinski definition) is 2. The number of unbranched alkanes of at least 4 members (excludes halogenated alkanes) is 3. The van der Waals surface area contributed by atoms with E-state index in [1.54, 1.807) is 7.05 Å². The van der Waals surface area contributed by atoms with Crippen LogP contribution in [0.1, 0.15) is 66.7 Å². The van der Waals surface area contributed by atoms with E-state index in [1.807, 2.05) is 20.8 Å². The number of ether oxygens (including phenoxy) is 2. The number of hydrogen-bond acceptors (Lipinski definition) is 5. The number of rotatable bonds is 11. The molecule has 0 spiro atoms. The Hall–Kier alpha value is -1.34. The fourth-order valence-corrected chi connectivity index (χ4v) is 3.36. The van der Waals surface area contributed by atoms with E-state index >= 15 is 0 Å². The number of nitrogens with zero attached hydrogens (tertiary/aromatic N) is 2. The van der Waals surface area contributed by atoms with Crippen molar-refractivity contribution in [3.8, 4) is 0 Å². The zero-order chi connectivity index (χ0) is 21.7. The van der Waals surface area contributed by atoms with Crippen LogP contribution < -0.4 is 10.6 Å². The third-order valence-electron chi connectivity index (χ3n) is 4.59. The van der Waals surface area contributed by atoms with Crippen LogP contribution in [0.5, 0.6) is 0 Å². The number of esters is 1. The highest BCUT2D eigenvalue weighted by molar-refractivity contribution is 5.79. The highest BCUT2D eigenvalue weighted by Gasteiger charge is 2.21. The van der Waals surface area contributed by atoms with Crippen molar-refractivity contribution in [1.82, 2.24) is 15.5 Å². The van der Waals surface area contributed by atoms with Gasteiger partial charge in [0.05, 0.1) is 12.7 Å². The number of carbonyl (C=O) groups excluding carboxylic acids is 1. The molecule has 0 aromatic carbocycles. The van der Waals surface area contributed by atoms with Gasteiger partial charge in [0.2, 0.25) is 0 Å². The van der Waals surface area contributed by atoms with Crippen molar-refractivity contribution >= 4 is 11.9 Å². The zero-order valence-electron chi connectivity index (χ0n) is 19.6. The molecule has 0 radical (unpaired) electrons. The van der Waals surface area contributed by atoms with Crippen molar-refractivity contribution in [2.45, 2.75) is 78.4 Å². The second kappa shape index (κ2) is 13.8. The molecule has 1 heterocycles. The van der Waals surface area contributed by atoms with Crippen LogP contribution in [0.2, 0.25) is 0 Å². The zero-order valence-corrected chi connectivity index (χ0v) is 19.6. The van der Waals surface area contributed by atoms with E-state index in [0.29, 0.717) is 12.3 Å². The van der Waals surface area contributed by atoms with E-state index in [4.69, 9.17) is 9.47 Å². The monoisotopic (exact) mass is 412 g/mol. The van der Waals surface area contributed by atoms with Gasteiger partial charge in [-0.3, -0.25) is 14.7 Å². The van der Waals surface area contributed by atoms with Crippen molar-refractivity contribution in [3.05, 3.63) is 0 Å². The Morgan fingerprint density at radius 2 is 1.93 bits per heavy atom. The van der Waals surface area contributed by atoms with E-state index in [-0.39, 0.29) is 17.7 Å². The first-order valence-electron chi connectivity index (χ1n) is 11.2. The summed E-state index contributed by atoms with van der Waals surface area (Å²) in [4.78, 5) is 18.5. The van der Waals surface area contributed by atoms with Crippen LogP contribution in [-0.2, 0) is 14.3 Å². The molecular weight excluding hydrogens is 368 g/mol. The third kappa shape index (κ3) is 13.5. The molecule has 29 heavy (non-hydrogen) atoms. The minimum absolute atomic E-state index is 0.0999. The summed E-state index contributed by atoms with van der Waals surface area (Å²) in [5.74, 6) is 1.40. The predicted octanol–water partition coefficient (Wildman–Crippen LogP) is 2.80. The van der Waals surface area contributed by atoms with Crippen molar-refractivity contribution in [3.63, 3.8) is 0 Å². The second-order valence-electron chi connectivity index (χ2n) is 9.28. The highest BCUT2D eigenvalue weighted by atomic mass is 16.6. The maximum absolute atomic E-state index is 11.7. The molecule has 1 unspecified atom stereocenters. The second-order valence-corrected chi connectivity index (χ2v) is 9.28. The summed E-state index contributed by atoms with van der Waals surface area (Å²) in [5.41, 5.74) is -0.390. The van der Waals surface area contributed by atoms with Crippen LogP contribution >= 0.6 is 0 Å². The first-order chi connectivity index (χ1) is 13.7. The maximum atomic E-state index is 11.7. The molecule has 7 nitrogen and oxygen atoms in total. The number of nitrogens with one attached hydrogen (secondary N) is 2. The van der Waals surface area contributed by atoms with E-state index in [2.05, 4.69) is 34.4 Å². The van der Waals surface area contributed by atoms with Gasteiger partial charge in [0.25, 0.3) is 0 Å². The van der Waals surface area contributed by atoms with Gasteiger partial charge in [0, 0.05) is 46.2 Å². The SMILES string of the molecule is CN=C(NCCCCCCC(=O)OC(C)(C)C)NCC1CN(CC(C)C)CCO1. The van der Waals surface area contributed by atoms with Crippen molar-refractivity contribution in [2.75, 3.05) is 46.4 Å². The molecule has 0 saturated carbocycles. The van der Waals surface area contributed by atoms with Crippen molar-refractivity contribution in [1.29, 1.82) is 0 Å². The van der Waals surface area contributed by atoms with E-state index in [9.17, 15) is 4.79 Å². The summed E-state index contributed by atoms with van der Waals surface area (Å²) < 4.78 is 11.2. The molecule has 0 aliphatic carbocycles. The Morgan fingerprint density at radius 1 is 1.21 bits per heavy atom. The largest absolute Gasteiger partial charge is 0.460 e. The first kappa shape index (κ1) is 25.7. The summed E-state index contributed by atoms with van der Waals surface area (Å²) in [6.45, 7) is 15.8. The van der Waals surface area contributed by atoms with Gasteiger partial charge in [-0.15, -0.1) is 0 Å². The van der Waals surface area contributed by atoms with Gasteiger partial charge in [0.1, 0.15) is 5.60 Å². The smallest absolute Gasteiger partial charge is 0.306 e. The summed E-state index contributed by atoms with van der Waals surface area (Å²) in [6, 6.07) is 0. The van der Waals surface area contributed by atoms with Gasteiger partial charge >= 0.3 is 5.97 Å². The molecule has 1 rings (SSSR count). The number of guanidine groups is 1. The molecule has 2 N–H and O–H groups in total. The van der Waals surface area contributed by atoms with Gasteiger partial charge in [-0.1, -0.05) is 26.7 Å². The Morgan fingerprint density at radius 3 is 2.59 bits per heavy atom. The van der Waals surface area contributed by atoms with Crippen LogP contribution in [0.3, 0.4) is 0 Å². The minimum Gasteiger partial charge on any atom is -0.460 e. The Bertz CT molecular complexity index is 489. The van der Waals surface area contributed by atoms with Crippen LogP contribution in [0.25, 0.3) is 0 Å². The van der Waals surface area contributed by atoms with Gasteiger partial charge in [0.15, 0.2) is 5.96 Å². The average molecular weight is 413 g/mol. The van der Waals surface area contributed by atoms with E-state index in [1.165, 1.54) is 0 Å². The normalized spacial score (nSPS) is 18.7. The molecule has 1 saturated heterocycles.